The molecule has 0 unspecified atom stereocenters. The van der Waals surface area contributed by atoms with Gasteiger partial charge in [0.05, 0.1) is 22.9 Å². The fourth-order valence-corrected chi connectivity index (χ4v) is 2.76. The van der Waals surface area contributed by atoms with Crippen molar-refractivity contribution >= 4 is 16.3 Å². The standard InChI is InChI=1S/C17H35BrO.C2H6/c1-2-3-4-5-6-7-8-9-10-11-12-13-14-15-16-17-19-18;1-2/h2-17H2,1H3;1-2H3. The van der Waals surface area contributed by atoms with Crippen LogP contribution in [0.15, 0.2) is 0 Å². The normalized spacial score (nSPS) is 10.3. The topological polar surface area (TPSA) is 9.23 Å². The van der Waals surface area contributed by atoms with Crippen LogP contribution in [0.3, 0.4) is 0 Å². The minimum atomic E-state index is 0.859. The van der Waals surface area contributed by atoms with Crippen LogP contribution < -0.4 is 0 Å². The van der Waals surface area contributed by atoms with E-state index >= 15 is 0 Å². The van der Waals surface area contributed by atoms with Crippen LogP contribution in [0.4, 0.5) is 0 Å². The molecule has 0 N–H and O–H groups in total. The molecule has 0 aromatic carbocycles. The average Bonchev–Trinajstić information content (AvgIpc) is 2.53. The van der Waals surface area contributed by atoms with Crippen LogP contribution in [-0.2, 0) is 3.83 Å². The van der Waals surface area contributed by atoms with Crippen LogP contribution in [0.25, 0.3) is 0 Å². The van der Waals surface area contributed by atoms with Gasteiger partial charge in [0, 0.05) is 0 Å². The van der Waals surface area contributed by atoms with Crippen molar-refractivity contribution < 1.29 is 3.83 Å². The third kappa shape index (κ3) is 25.7. The summed E-state index contributed by atoms with van der Waals surface area (Å²) in [6, 6.07) is 0. The second-order valence-electron chi connectivity index (χ2n) is 5.76. The highest BCUT2D eigenvalue weighted by molar-refractivity contribution is 9.06. The average molecular weight is 365 g/mol. The quantitative estimate of drug-likeness (QED) is 0.250. The predicted molar refractivity (Wildman–Crippen MR) is 101 cm³/mol. The van der Waals surface area contributed by atoms with Crippen LogP contribution in [0.5, 0.6) is 0 Å². The maximum atomic E-state index is 4.87. The van der Waals surface area contributed by atoms with E-state index in [1.807, 2.05) is 13.8 Å². The lowest BCUT2D eigenvalue weighted by molar-refractivity contribution is 0.374. The van der Waals surface area contributed by atoms with Crippen LogP contribution in [0.2, 0.25) is 0 Å². The molecule has 0 saturated carbocycles. The summed E-state index contributed by atoms with van der Waals surface area (Å²) in [6.45, 7) is 7.15. The Kier molecular flexibility index (Phi) is 28.7. The van der Waals surface area contributed by atoms with Crippen molar-refractivity contribution in [3.05, 3.63) is 0 Å². The summed E-state index contributed by atoms with van der Waals surface area (Å²) < 4.78 is 4.87. The second kappa shape index (κ2) is 25.4. The smallest absolute Gasteiger partial charge is 0.0987 e. The zero-order valence-electron chi connectivity index (χ0n) is 15.1. The third-order valence-electron chi connectivity index (χ3n) is 3.83. The van der Waals surface area contributed by atoms with Crippen LogP contribution in [-0.4, -0.2) is 6.61 Å². The summed E-state index contributed by atoms with van der Waals surface area (Å²) in [5.41, 5.74) is 0. The summed E-state index contributed by atoms with van der Waals surface area (Å²) in [5, 5.41) is 0. The molecule has 0 aliphatic heterocycles. The molecule has 0 aromatic rings. The van der Waals surface area contributed by atoms with E-state index in [-0.39, 0.29) is 0 Å². The summed E-state index contributed by atoms with van der Waals surface area (Å²) in [6.07, 6.45) is 21.2. The Morgan fingerprint density at radius 3 is 1.10 bits per heavy atom. The van der Waals surface area contributed by atoms with Crippen molar-refractivity contribution in [3.63, 3.8) is 0 Å². The van der Waals surface area contributed by atoms with E-state index in [1.54, 1.807) is 0 Å². The Bertz CT molecular complexity index is 135. The highest BCUT2D eigenvalue weighted by Crippen LogP contribution is 2.13. The Morgan fingerprint density at radius 2 is 0.810 bits per heavy atom. The lowest BCUT2D eigenvalue weighted by atomic mass is 10.0. The summed E-state index contributed by atoms with van der Waals surface area (Å²) in [4.78, 5) is 0. The fraction of sp³-hybridized carbons (Fsp3) is 1.00. The Hall–Kier alpha value is 0.440. The molecule has 0 heterocycles. The van der Waals surface area contributed by atoms with Crippen molar-refractivity contribution in [2.45, 2.75) is 117 Å². The summed E-state index contributed by atoms with van der Waals surface area (Å²) in [5.74, 6) is 0. The lowest BCUT2D eigenvalue weighted by Gasteiger charge is -2.03. The second-order valence-corrected chi connectivity index (χ2v) is 6.22. The number of halogens is 1. The maximum Gasteiger partial charge on any atom is 0.0987 e. The van der Waals surface area contributed by atoms with Gasteiger partial charge in [0.25, 0.3) is 0 Å². The number of rotatable bonds is 16. The molecule has 0 fully saturated rings. The molecule has 0 aliphatic carbocycles. The molecule has 0 aromatic heterocycles. The number of hydrogen-bond donors (Lipinski definition) is 0. The van der Waals surface area contributed by atoms with Gasteiger partial charge in [-0.1, -0.05) is 111 Å². The predicted octanol–water partition coefficient (Wildman–Crippen LogP) is 8.21. The van der Waals surface area contributed by atoms with Crippen molar-refractivity contribution in [1.82, 2.24) is 0 Å². The van der Waals surface area contributed by atoms with E-state index in [0.29, 0.717) is 0 Å². The van der Waals surface area contributed by atoms with E-state index in [1.165, 1.54) is 96.3 Å². The molecule has 0 atom stereocenters. The first-order chi connectivity index (χ1) is 10.4. The number of unbranched alkanes of at least 4 members (excludes halogenated alkanes) is 14. The molecule has 0 amide bonds. The molecule has 0 rings (SSSR count). The van der Waals surface area contributed by atoms with Gasteiger partial charge in [0.2, 0.25) is 0 Å². The molecule has 0 radical (unpaired) electrons. The zero-order valence-corrected chi connectivity index (χ0v) is 16.7. The first-order valence-electron chi connectivity index (χ1n) is 9.65. The number of hydrogen-bond acceptors (Lipinski definition) is 1. The molecule has 130 valence electrons. The third-order valence-corrected chi connectivity index (χ3v) is 4.15. The SMILES string of the molecule is CC.CCCCCCCCCCCCCCCCCOBr. The first kappa shape index (κ1) is 23.7. The van der Waals surface area contributed by atoms with Crippen LogP contribution in [0, 0.1) is 0 Å². The van der Waals surface area contributed by atoms with Gasteiger partial charge in [-0.25, -0.2) is 0 Å². The minimum Gasteiger partial charge on any atom is -0.308 e. The van der Waals surface area contributed by atoms with E-state index in [4.69, 9.17) is 3.83 Å². The van der Waals surface area contributed by atoms with E-state index in [9.17, 15) is 0 Å². The molecule has 0 spiro atoms. The fourth-order valence-electron chi connectivity index (χ4n) is 2.53. The van der Waals surface area contributed by atoms with E-state index in [0.717, 1.165) is 6.61 Å². The van der Waals surface area contributed by atoms with E-state index < -0.39 is 0 Å². The monoisotopic (exact) mass is 364 g/mol. The maximum absolute atomic E-state index is 4.87. The van der Waals surface area contributed by atoms with Gasteiger partial charge in [-0.3, -0.25) is 0 Å². The van der Waals surface area contributed by atoms with E-state index in [2.05, 4.69) is 23.2 Å². The van der Waals surface area contributed by atoms with Crippen molar-refractivity contribution in [2.24, 2.45) is 0 Å². The van der Waals surface area contributed by atoms with Crippen molar-refractivity contribution in [1.29, 1.82) is 0 Å². The van der Waals surface area contributed by atoms with Gasteiger partial charge >= 0.3 is 0 Å². The van der Waals surface area contributed by atoms with Crippen LogP contribution in [0.1, 0.15) is 117 Å². The highest BCUT2D eigenvalue weighted by Gasteiger charge is 1.94. The largest absolute Gasteiger partial charge is 0.308 e. The molecule has 0 bridgehead atoms. The van der Waals surface area contributed by atoms with Gasteiger partial charge in [-0.2, -0.15) is 0 Å². The minimum absolute atomic E-state index is 0.859. The molecule has 1 nitrogen and oxygen atoms in total. The summed E-state index contributed by atoms with van der Waals surface area (Å²) >= 11 is 2.99. The van der Waals surface area contributed by atoms with Gasteiger partial charge in [0.15, 0.2) is 0 Å². The first-order valence-corrected chi connectivity index (χ1v) is 10.3. The van der Waals surface area contributed by atoms with Crippen LogP contribution >= 0.6 is 16.3 Å². The van der Waals surface area contributed by atoms with Gasteiger partial charge in [-0.05, 0) is 6.42 Å². The Morgan fingerprint density at radius 1 is 0.524 bits per heavy atom. The zero-order chi connectivity index (χ0) is 16.0. The molecule has 2 heteroatoms. The highest BCUT2D eigenvalue weighted by atomic mass is 79.9. The van der Waals surface area contributed by atoms with Crippen molar-refractivity contribution in [3.8, 4) is 0 Å². The molecule has 21 heavy (non-hydrogen) atoms. The lowest BCUT2D eigenvalue weighted by Crippen LogP contribution is -1.85. The molecule has 0 aliphatic rings. The molecular formula is C19H41BrO. The van der Waals surface area contributed by atoms with Gasteiger partial charge in [-0.15, -0.1) is 0 Å². The van der Waals surface area contributed by atoms with Gasteiger partial charge < -0.3 is 3.83 Å². The molecule has 0 saturated heterocycles. The Balaban J connectivity index is 0. The summed E-state index contributed by atoms with van der Waals surface area (Å²) in [7, 11) is 0. The van der Waals surface area contributed by atoms with Gasteiger partial charge in [0.1, 0.15) is 0 Å². The van der Waals surface area contributed by atoms with Crippen molar-refractivity contribution in [2.75, 3.05) is 6.61 Å². The Labute approximate surface area is 144 Å². The molecular weight excluding hydrogens is 324 g/mol.